The van der Waals surface area contributed by atoms with Gasteiger partial charge in [0.2, 0.25) is 6.79 Å². The lowest BCUT2D eigenvalue weighted by Crippen LogP contribution is -2.35. The molecule has 1 fully saturated rings. The van der Waals surface area contributed by atoms with Crippen LogP contribution in [-0.4, -0.2) is 38.2 Å². The fourth-order valence-electron chi connectivity index (χ4n) is 4.62. The van der Waals surface area contributed by atoms with E-state index in [-0.39, 0.29) is 18.6 Å². The number of piperidine rings is 1. The van der Waals surface area contributed by atoms with Crippen molar-refractivity contribution in [1.29, 1.82) is 0 Å². The highest BCUT2D eigenvalue weighted by Crippen LogP contribution is 2.33. The lowest BCUT2D eigenvalue weighted by Gasteiger charge is -2.33. The molecule has 7 nitrogen and oxygen atoms in total. The van der Waals surface area contributed by atoms with E-state index in [0.29, 0.717) is 40.8 Å². The molecule has 3 aromatic rings. The van der Waals surface area contributed by atoms with Crippen molar-refractivity contribution >= 4 is 23.2 Å². The number of benzene rings is 3. The van der Waals surface area contributed by atoms with E-state index in [9.17, 15) is 9.59 Å². The maximum atomic E-state index is 13.3. The second-order valence-corrected chi connectivity index (χ2v) is 9.42. The number of hydrogen-bond donors (Lipinski definition) is 2. The summed E-state index contributed by atoms with van der Waals surface area (Å²) in [7, 11) is 0. The summed E-state index contributed by atoms with van der Waals surface area (Å²) < 4.78 is 10.7. The van der Waals surface area contributed by atoms with Crippen LogP contribution in [0.3, 0.4) is 0 Å². The van der Waals surface area contributed by atoms with Crippen molar-refractivity contribution in [3.05, 3.63) is 83.4 Å². The van der Waals surface area contributed by atoms with Crippen LogP contribution in [0.15, 0.2) is 66.7 Å². The summed E-state index contributed by atoms with van der Waals surface area (Å²) in [6, 6.07) is 20.8. The number of ether oxygens (including phenoxy) is 2. The largest absolute Gasteiger partial charge is 0.454 e. The van der Waals surface area contributed by atoms with Gasteiger partial charge in [0.15, 0.2) is 11.5 Å². The number of nitrogens with one attached hydrogen (secondary N) is 2. The highest BCUT2D eigenvalue weighted by atomic mass is 16.7. The molecular weight excluding hydrogens is 454 g/mol. The number of nitrogens with zero attached hydrogens (tertiary/aromatic N) is 1. The van der Waals surface area contributed by atoms with Crippen molar-refractivity contribution in [2.24, 2.45) is 5.92 Å². The van der Waals surface area contributed by atoms with Gasteiger partial charge in [-0.15, -0.1) is 0 Å². The molecule has 2 amide bonds. The van der Waals surface area contributed by atoms with E-state index >= 15 is 0 Å². The van der Waals surface area contributed by atoms with E-state index < -0.39 is 0 Å². The van der Waals surface area contributed by atoms with E-state index in [1.807, 2.05) is 30.3 Å². The first-order valence-corrected chi connectivity index (χ1v) is 12.5. The van der Waals surface area contributed by atoms with Crippen molar-refractivity contribution in [3.8, 4) is 11.5 Å². The Morgan fingerprint density at radius 2 is 1.69 bits per heavy atom. The minimum atomic E-state index is -0.275. The molecule has 0 saturated carbocycles. The molecule has 7 heteroatoms. The van der Waals surface area contributed by atoms with Gasteiger partial charge in [0.1, 0.15) is 0 Å². The Morgan fingerprint density at radius 3 is 2.50 bits per heavy atom. The van der Waals surface area contributed by atoms with Crippen molar-refractivity contribution in [2.45, 2.75) is 26.2 Å². The summed E-state index contributed by atoms with van der Waals surface area (Å²) in [5, 5.41) is 6.00. The molecule has 2 aliphatic heterocycles. The SMILES string of the molecule is CC1CCN(c2ccc(NC(=O)c3ccc4c(c3)OCO4)cc2C(=O)NCCc2ccccc2)CC1. The summed E-state index contributed by atoms with van der Waals surface area (Å²) in [5.41, 5.74) is 3.68. The Hall–Kier alpha value is -4.00. The number of rotatable bonds is 7. The van der Waals surface area contributed by atoms with Crippen LogP contribution in [0.1, 0.15) is 46.0 Å². The van der Waals surface area contributed by atoms with E-state index in [2.05, 4.69) is 34.6 Å². The smallest absolute Gasteiger partial charge is 0.255 e. The Morgan fingerprint density at radius 1 is 0.917 bits per heavy atom. The van der Waals surface area contributed by atoms with Gasteiger partial charge in [-0.25, -0.2) is 0 Å². The number of fused-ring (bicyclic) bond motifs is 1. The van der Waals surface area contributed by atoms with Crippen LogP contribution in [0.4, 0.5) is 11.4 Å². The topological polar surface area (TPSA) is 79.9 Å². The standard InChI is InChI=1S/C29H31N3O4/c1-20-12-15-32(16-13-20)25-9-8-23(31-28(33)22-7-10-26-27(17-22)36-19-35-26)18-24(25)29(34)30-14-11-21-5-3-2-4-6-21/h2-10,17-18,20H,11-16,19H2,1H3,(H,30,34)(H,31,33). The summed E-state index contributed by atoms with van der Waals surface area (Å²) in [6.07, 6.45) is 2.94. The van der Waals surface area contributed by atoms with Gasteiger partial charge in [-0.2, -0.15) is 0 Å². The number of hydrogen-bond acceptors (Lipinski definition) is 5. The summed E-state index contributed by atoms with van der Waals surface area (Å²) in [6.45, 7) is 4.78. The Balaban J connectivity index is 1.33. The van der Waals surface area contributed by atoms with Crippen LogP contribution in [-0.2, 0) is 6.42 Å². The summed E-state index contributed by atoms with van der Waals surface area (Å²) >= 11 is 0. The van der Waals surface area contributed by atoms with Crippen molar-refractivity contribution in [1.82, 2.24) is 5.32 Å². The monoisotopic (exact) mass is 485 g/mol. The van der Waals surface area contributed by atoms with Crippen LogP contribution in [0.2, 0.25) is 0 Å². The highest BCUT2D eigenvalue weighted by Gasteiger charge is 2.22. The van der Waals surface area contributed by atoms with E-state index in [0.717, 1.165) is 38.0 Å². The third-order valence-electron chi connectivity index (χ3n) is 6.80. The number of anilines is 2. The van der Waals surface area contributed by atoms with Gasteiger partial charge in [-0.1, -0.05) is 37.3 Å². The minimum absolute atomic E-state index is 0.140. The molecule has 0 aromatic heterocycles. The molecule has 0 bridgehead atoms. The third-order valence-corrected chi connectivity index (χ3v) is 6.80. The molecule has 2 heterocycles. The average molecular weight is 486 g/mol. The molecule has 186 valence electrons. The molecule has 0 spiro atoms. The fraction of sp³-hybridized carbons (Fsp3) is 0.310. The summed E-state index contributed by atoms with van der Waals surface area (Å²) in [5.74, 6) is 1.45. The van der Waals surface area contributed by atoms with E-state index in [1.165, 1.54) is 5.56 Å². The van der Waals surface area contributed by atoms with Crippen LogP contribution in [0.5, 0.6) is 11.5 Å². The molecule has 0 unspecified atom stereocenters. The number of amides is 2. The molecule has 36 heavy (non-hydrogen) atoms. The lowest BCUT2D eigenvalue weighted by molar-refractivity contribution is 0.0953. The van der Waals surface area contributed by atoms with Gasteiger partial charge in [-0.05, 0) is 67.1 Å². The number of carbonyl (C=O) groups excluding carboxylic acids is 2. The van der Waals surface area contributed by atoms with Crippen LogP contribution in [0, 0.1) is 5.92 Å². The van der Waals surface area contributed by atoms with Crippen molar-refractivity contribution < 1.29 is 19.1 Å². The van der Waals surface area contributed by atoms with E-state index in [1.54, 1.807) is 24.3 Å². The molecule has 3 aromatic carbocycles. The summed E-state index contributed by atoms with van der Waals surface area (Å²) in [4.78, 5) is 28.5. The van der Waals surface area contributed by atoms with Gasteiger partial charge >= 0.3 is 0 Å². The van der Waals surface area contributed by atoms with Crippen LogP contribution in [0.25, 0.3) is 0 Å². The molecule has 5 rings (SSSR count). The second kappa shape index (κ2) is 10.7. The Kier molecular flexibility index (Phi) is 7.07. The molecule has 2 aliphatic rings. The molecule has 0 radical (unpaired) electrons. The van der Waals surface area contributed by atoms with Crippen molar-refractivity contribution in [3.63, 3.8) is 0 Å². The van der Waals surface area contributed by atoms with Crippen LogP contribution >= 0.6 is 0 Å². The van der Waals surface area contributed by atoms with Gasteiger partial charge in [0, 0.05) is 36.6 Å². The molecular formula is C29H31N3O4. The van der Waals surface area contributed by atoms with Gasteiger partial charge in [-0.3, -0.25) is 9.59 Å². The predicted molar refractivity (Wildman–Crippen MR) is 140 cm³/mol. The first-order chi connectivity index (χ1) is 17.6. The first kappa shape index (κ1) is 23.7. The second-order valence-electron chi connectivity index (χ2n) is 9.42. The molecule has 1 saturated heterocycles. The zero-order valence-electron chi connectivity index (χ0n) is 20.5. The van der Waals surface area contributed by atoms with Gasteiger partial charge in [0.25, 0.3) is 11.8 Å². The fourth-order valence-corrected chi connectivity index (χ4v) is 4.62. The van der Waals surface area contributed by atoms with Gasteiger partial charge in [0.05, 0.1) is 5.56 Å². The normalized spacial score (nSPS) is 15.0. The van der Waals surface area contributed by atoms with Gasteiger partial charge < -0.3 is 25.0 Å². The first-order valence-electron chi connectivity index (χ1n) is 12.5. The third kappa shape index (κ3) is 5.46. The zero-order chi connectivity index (χ0) is 24.9. The predicted octanol–water partition coefficient (Wildman–Crippen LogP) is 4.88. The molecule has 0 atom stereocenters. The average Bonchev–Trinajstić information content (AvgIpc) is 3.38. The maximum Gasteiger partial charge on any atom is 0.255 e. The minimum Gasteiger partial charge on any atom is -0.454 e. The Bertz CT molecular complexity index is 1240. The zero-order valence-corrected chi connectivity index (χ0v) is 20.5. The Labute approximate surface area is 211 Å². The quantitative estimate of drug-likeness (QED) is 0.499. The molecule has 2 N–H and O–H groups in total. The highest BCUT2D eigenvalue weighted by molar-refractivity contribution is 6.06. The van der Waals surface area contributed by atoms with E-state index in [4.69, 9.17) is 9.47 Å². The number of carbonyl (C=O) groups is 2. The van der Waals surface area contributed by atoms with Crippen molar-refractivity contribution in [2.75, 3.05) is 36.6 Å². The lowest BCUT2D eigenvalue weighted by atomic mass is 9.97. The van der Waals surface area contributed by atoms with Crippen LogP contribution < -0.4 is 25.0 Å². The maximum absolute atomic E-state index is 13.3. The molecule has 0 aliphatic carbocycles.